The van der Waals surface area contributed by atoms with E-state index in [0.717, 1.165) is 10.0 Å². The maximum atomic E-state index is 11.1. The van der Waals surface area contributed by atoms with Crippen molar-refractivity contribution in [2.75, 3.05) is 5.33 Å². The Morgan fingerprint density at radius 1 is 1.41 bits per heavy atom. The molecule has 1 aromatic carbocycles. The molecular weight excluding hydrogens is 350 g/mol. The highest BCUT2D eigenvalue weighted by Gasteiger charge is 2.03. The summed E-state index contributed by atoms with van der Waals surface area (Å²) in [7, 11) is 0. The molecule has 1 amide bonds. The van der Waals surface area contributed by atoms with Crippen LogP contribution in [0.3, 0.4) is 0 Å². The minimum Gasteiger partial charge on any atom is -0.272 e. The number of hydrogen-bond donors (Lipinski definition) is 1. The maximum absolute atomic E-state index is 11.1. The first-order chi connectivity index (χ1) is 8.17. The Bertz CT molecular complexity index is 463. The van der Waals surface area contributed by atoms with Crippen LogP contribution >= 0.6 is 31.9 Å². The molecule has 0 spiro atoms. The number of carbonyl (C=O) groups excluding carboxylic acids is 1. The first-order valence-electron chi connectivity index (χ1n) is 4.71. The second-order valence-electron chi connectivity index (χ2n) is 3.07. The molecule has 0 aromatic heterocycles. The molecule has 0 atom stereocenters. The molecule has 0 unspecified atom stereocenters. The first kappa shape index (κ1) is 13.9. The number of carbonyl (C=O) groups is 1. The number of hydrazone groups is 1. The Labute approximate surface area is 116 Å². The van der Waals surface area contributed by atoms with Gasteiger partial charge in [-0.1, -0.05) is 44.0 Å². The Balaban J connectivity index is 2.78. The number of alkyl halides is 1. The average molecular weight is 359 g/mol. The highest BCUT2D eigenvalue weighted by atomic mass is 79.9. The second-order valence-corrected chi connectivity index (χ2v) is 4.55. The highest BCUT2D eigenvalue weighted by molar-refractivity contribution is 9.10. The van der Waals surface area contributed by atoms with Gasteiger partial charge in [0.2, 0.25) is 0 Å². The minimum atomic E-state index is -0.414. The van der Waals surface area contributed by atoms with Crippen LogP contribution in [0.15, 0.2) is 33.8 Å². The molecule has 17 heavy (non-hydrogen) atoms. The van der Waals surface area contributed by atoms with E-state index in [0.29, 0.717) is 11.0 Å². The van der Waals surface area contributed by atoms with Crippen molar-refractivity contribution >= 4 is 43.5 Å². The summed E-state index contributed by atoms with van der Waals surface area (Å²) >= 11 is 6.64. The van der Waals surface area contributed by atoms with Crippen LogP contribution in [0.25, 0.3) is 0 Å². The van der Waals surface area contributed by atoms with Crippen LogP contribution in [-0.4, -0.2) is 16.9 Å². The van der Waals surface area contributed by atoms with Crippen LogP contribution < -0.4 is 5.43 Å². The number of hydrogen-bond acceptors (Lipinski definition) is 3. The van der Waals surface area contributed by atoms with Gasteiger partial charge in [0.25, 0.3) is 5.91 Å². The molecule has 0 aliphatic heterocycles. The lowest BCUT2D eigenvalue weighted by Crippen LogP contribution is -2.19. The molecule has 0 aliphatic carbocycles. The standard InChI is InChI=1S/C11H9Br2N3O/c12-7-10(15-16-11(17)5-6-14)8-1-3-9(13)4-2-8/h1-4H,5,7H2,(H,16,17)/b15-10-. The lowest BCUT2D eigenvalue weighted by Gasteiger charge is -2.03. The predicted molar refractivity (Wildman–Crippen MR) is 72.8 cm³/mol. The van der Waals surface area contributed by atoms with Gasteiger partial charge < -0.3 is 0 Å². The number of nitriles is 1. The molecule has 0 fully saturated rings. The van der Waals surface area contributed by atoms with Gasteiger partial charge in [0.05, 0.1) is 11.8 Å². The van der Waals surface area contributed by atoms with E-state index in [9.17, 15) is 4.79 Å². The third kappa shape index (κ3) is 4.67. The van der Waals surface area contributed by atoms with Crippen molar-refractivity contribution in [2.24, 2.45) is 5.10 Å². The van der Waals surface area contributed by atoms with E-state index in [-0.39, 0.29) is 6.42 Å². The van der Waals surface area contributed by atoms with E-state index in [2.05, 4.69) is 42.4 Å². The summed E-state index contributed by atoms with van der Waals surface area (Å²) < 4.78 is 0.976. The fourth-order valence-corrected chi connectivity index (χ4v) is 1.77. The van der Waals surface area contributed by atoms with Gasteiger partial charge in [0, 0.05) is 9.80 Å². The Morgan fingerprint density at radius 3 is 2.59 bits per heavy atom. The number of nitrogens with one attached hydrogen (secondary N) is 1. The van der Waals surface area contributed by atoms with Crippen molar-refractivity contribution in [3.05, 3.63) is 34.3 Å². The molecule has 6 heteroatoms. The minimum absolute atomic E-state index is 0.195. The summed E-state index contributed by atoms with van der Waals surface area (Å²) in [5.41, 5.74) is 3.94. The Kier molecular flexibility index (Phi) is 5.87. The van der Waals surface area contributed by atoms with E-state index in [1.54, 1.807) is 6.07 Å². The van der Waals surface area contributed by atoms with Gasteiger partial charge in [-0.3, -0.25) is 4.79 Å². The zero-order valence-electron chi connectivity index (χ0n) is 8.78. The molecule has 0 heterocycles. The van der Waals surface area contributed by atoms with Crippen LogP contribution in [0.2, 0.25) is 0 Å². The van der Waals surface area contributed by atoms with Crippen LogP contribution in [0.4, 0.5) is 0 Å². The zero-order valence-corrected chi connectivity index (χ0v) is 12.0. The summed E-state index contributed by atoms with van der Waals surface area (Å²) in [6.07, 6.45) is -0.195. The summed E-state index contributed by atoms with van der Waals surface area (Å²) in [6.45, 7) is 0. The third-order valence-corrected chi connectivity index (χ3v) is 2.92. The van der Waals surface area contributed by atoms with Gasteiger partial charge in [-0.25, -0.2) is 5.43 Å². The number of nitrogens with zero attached hydrogens (tertiary/aromatic N) is 2. The fourth-order valence-electron chi connectivity index (χ4n) is 1.06. The molecule has 1 N–H and O–H groups in total. The molecule has 0 bridgehead atoms. The van der Waals surface area contributed by atoms with Crippen molar-refractivity contribution in [3.63, 3.8) is 0 Å². The monoisotopic (exact) mass is 357 g/mol. The SMILES string of the molecule is N#CCC(=O)N/N=C(/CBr)c1ccc(Br)cc1. The van der Waals surface area contributed by atoms with Gasteiger partial charge in [0.1, 0.15) is 6.42 Å². The largest absolute Gasteiger partial charge is 0.272 e. The van der Waals surface area contributed by atoms with Crippen molar-refractivity contribution in [1.29, 1.82) is 5.26 Å². The van der Waals surface area contributed by atoms with Crippen LogP contribution in [0.5, 0.6) is 0 Å². The van der Waals surface area contributed by atoms with Gasteiger partial charge >= 0.3 is 0 Å². The summed E-state index contributed by atoms with van der Waals surface area (Å²) in [5, 5.41) is 12.8. The normalized spacial score (nSPS) is 10.8. The van der Waals surface area contributed by atoms with E-state index in [4.69, 9.17) is 5.26 Å². The number of amides is 1. The molecule has 1 rings (SSSR count). The number of benzene rings is 1. The number of rotatable bonds is 4. The van der Waals surface area contributed by atoms with Crippen molar-refractivity contribution in [2.45, 2.75) is 6.42 Å². The quantitative estimate of drug-likeness (QED) is 0.510. The van der Waals surface area contributed by atoms with Crippen LogP contribution in [0.1, 0.15) is 12.0 Å². The van der Waals surface area contributed by atoms with Gasteiger partial charge in [-0.2, -0.15) is 10.4 Å². The van der Waals surface area contributed by atoms with Gasteiger partial charge in [-0.05, 0) is 17.7 Å². The Morgan fingerprint density at radius 2 is 2.06 bits per heavy atom. The Hall–Kier alpha value is -1.19. The van der Waals surface area contributed by atoms with E-state index >= 15 is 0 Å². The van der Waals surface area contributed by atoms with E-state index < -0.39 is 5.91 Å². The molecule has 1 aromatic rings. The number of halogens is 2. The van der Waals surface area contributed by atoms with Crippen molar-refractivity contribution in [3.8, 4) is 6.07 Å². The third-order valence-electron chi connectivity index (χ3n) is 1.86. The molecule has 0 radical (unpaired) electrons. The topological polar surface area (TPSA) is 65.2 Å². The van der Waals surface area contributed by atoms with Gasteiger partial charge in [-0.15, -0.1) is 0 Å². The van der Waals surface area contributed by atoms with Gasteiger partial charge in [0.15, 0.2) is 0 Å². The molecule has 88 valence electrons. The first-order valence-corrected chi connectivity index (χ1v) is 6.63. The summed E-state index contributed by atoms with van der Waals surface area (Å²) in [4.78, 5) is 11.1. The van der Waals surface area contributed by atoms with Crippen molar-refractivity contribution < 1.29 is 4.79 Å². The zero-order chi connectivity index (χ0) is 12.7. The average Bonchev–Trinajstić information content (AvgIpc) is 2.32. The summed E-state index contributed by atoms with van der Waals surface area (Å²) in [5.74, 6) is -0.414. The van der Waals surface area contributed by atoms with E-state index in [1.165, 1.54) is 0 Å². The highest BCUT2D eigenvalue weighted by Crippen LogP contribution is 2.12. The molecule has 0 saturated heterocycles. The lowest BCUT2D eigenvalue weighted by molar-refractivity contribution is -0.120. The maximum Gasteiger partial charge on any atom is 0.254 e. The lowest BCUT2D eigenvalue weighted by atomic mass is 10.1. The van der Waals surface area contributed by atoms with Crippen LogP contribution in [0, 0.1) is 11.3 Å². The second kappa shape index (κ2) is 7.20. The van der Waals surface area contributed by atoms with E-state index in [1.807, 2.05) is 24.3 Å². The predicted octanol–water partition coefficient (Wildman–Crippen LogP) is 2.58. The molecule has 0 aliphatic rings. The molecule has 4 nitrogen and oxygen atoms in total. The smallest absolute Gasteiger partial charge is 0.254 e. The molecule has 0 saturated carbocycles. The van der Waals surface area contributed by atoms with Crippen LogP contribution in [-0.2, 0) is 4.79 Å². The summed E-state index contributed by atoms with van der Waals surface area (Å²) in [6, 6.07) is 9.32. The molecular formula is C11H9Br2N3O. The fraction of sp³-hybridized carbons (Fsp3) is 0.182. The van der Waals surface area contributed by atoms with Crippen molar-refractivity contribution in [1.82, 2.24) is 5.43 Å².